The third-order valence-corrected chi connectivity index (χ3v) is 5.94. The van der Waals surface area contributed by atoms with Crippen LogP contribution in [0.1, 0.15) is 15.9 Å². The van der Waals surface area contributed by atoms with E-state index >= 15 is 0 Å². The zero-order valence-corrected chi connectivity index (χ0v) is 19.1. The van der Waals surface area contributed by atoms with Gasteiger partial charge in [-0.2, -0.15) is 13.5 Å². The molecule has 1 amide bonds. The maximum absolute atomic E-state index is 12.6. The summed E-state index contributed by atoms with van der Waals surface area (Å²) in [5.74, 6) is -0.594. The Morgan fingerprint density at radius 2 is 1.84 bits per heavy atom. The molecule has 0 saturated heterocycles. The average Bonchev–Trinajstić information content (AvgIpc) is 2.76. The molecule has 164 valence electrons. The van der Waals surface area contributed by atoms with Crippen molar-refractivity contribution in [2.75, 3.05) is 0 Å². The minimum Gasteiger partial charge on any atom is -0.378 e. The summed E-state index contributed by atoms with van der Waals surface area (Å²) < 4.78 is 31.0. The zero-order chi connectivity index (χ0) is 23.3. The van der Waals surface area contributed by atoms with Crippen molar-refractivity contribution in [2.24, 2.45) is 5.10 Å². The predicted octanol–water partition coefficient (Wildman–Crippen LogP) is 4.54. The van der Waals surface area contributed by atoms with E-state index in [1.807, 2.05) is 0 Å². The van der Waals surface area contributed by atoms with Gasteiger partial charge in [-0.25, -0.2) is 5.43 Å². The van der Waals surface area contributed by atoms with Gasteiger partial charge in [0.2, 0.25) is 0 Å². The highest BCUT2D eigenvalue weighted by molar-refractivity contribution is 9.10. The molecule has 3 aromatic carbocycles. The topological polar surface area (TPSA) is 128 Å². The van der Waals surface area contributed by atoms with Gasteiger partial charge in [0, 0.05) is 32.8 Å². The second kappa shape index (κ2) is 9.90. The number of nitrogens with one attached hydrogen (secondary N) is 1. The molecule has 0 aliphatic rings. The molecule has 0 radical (unpaired) electrons. The van der Waals surface area contributed by atoms with E-state index in [2.05, 4.69) is 26.5 Å². The van der Waals surface area contributed by atoms with Gasteiger partial charge in [0.15, 0.2) is 5.75 Å². The lowest BCUT2D eigenvalue weighted by Gasteiger charge is -2.10. The van der Waals surface area contributed by atoms with Crippen molar-refractivity contribution < 1.29 is 22.3 Å². The molecule has 12 heteroatoms. The fraction of sp³-hybridized carbons (Fsp3) is 0. The fourth-order valence-corrected chi connectivity index (χ4v) is 3.94. The molecule has 9 nitrogen and oxygen atoms in total. The van der Waals surface area contributed by atoms with Gasteiger partial charge in [-0.1, -0.05) is 33.6 Å². The number of non-ortho nitro benzene ring substituents is 1. The van der Waals surface area contributed by atoms with Crippen molar-refractivity contribution in [3.63, 3.8) is 0 Å². The molecule has 0 unspecified atom stereocenters. The Morgan fingerprint density at radius 3 is 2.53 bits per heavy atom. The maximum Gasteiger partial charge on any atom is 0.339 e. The Hall–Kier alpha value is -3.28. The molecule has 0 aliphatic carbocycles. The van der Waals surface area contributed by atoms with Crippen LogP contribution in [0.15, 0.2) is 81.2 Å². The van der Waals surface area contributed by atoms with E-state index < -0.39 is 26.6 Å². The van der Waals surface area contributed by atoms with Crippen molar-refractivity contribution in [1.29, 1.82) is 0 Å². The van der Waals surface area contributed by atoms with Crippen LogP contribution in [0.4, 0.5) is 5.69 Å². The lowest BCUT2D eigenvalue weighted by molar-refractivity contribution is -0.385. The first-order chi connectivity index (χ1) is 15.2. The average molecular weight is 539 g/mol. The Kier molecular flexibility index (Phi) is 7.23. The molecule has 0 bridgehead atoms. The summed E-state index contributed by atoms with van der Waals surface area (Å²) >= 11 is 9.06. The molecule has 0 atom stereocenters. The lowest BCUT2D eigenvalue weighted by atomic mass is 10.2. The van der Waals surface area contributed by atoms with Crippen molar-refractivity contribution >= 4 is 55.5 Å². The first-order valence-electron chi connectivity index (χ1n) is 8.73. The number of nitrogens with zero attached hydrogens (tertiary/aromatic N) is 2. The molecule has 0 heterocycles. The summed E-state index contributed by atoms with van der Waals surface area (Å²) in [5, 5.41) is 15.2. The van der Waals surface area contributed by atoms with E-state index in [1.165, 1.54) is 48.7 Å². The number of halogens is 2. The van der Waals surface area contributed by atoms with Gasteiger partial charge in [-0.3, -0.25) is 14.9 Å². The number of hydrogen-bond acceptors (Lipinski definition) is 7. The molecule has 3 rings (SSSR count). The number of hydrazone groups is 1. The number of nitro groups is 1. The molecule has 0 spiro atoms. The summed E-state index contributed by atoms with van der Waals surface area (Å²) in [5.41, 5.74) is 2.48. The first kappa shape index (κ1) is 23.4. The van der Waals surface area contributed by atoms with Crippen LogP contribution >= 0.6 is 27.5 Å². The van der Waals surface area contributed by atoms with Crippen LogP contribution in [0.5, 0.6) is 5.75 Å². The van der Waals surface area contributed by atoms with Gasteiger partial charge in [-0.15, -0.1) is 0 Å². The maximum atomic E-state index is 12.6. The summed E-state index contributed by atoms with van der Waals surface area (Å²) in [6.45, 7) is 0. The Morgan fingerprint density at radius 1 is 1.12 bits per heavy atom. The van der Waals surface area contributed by atoms with Gasteiger partial charge in [0.05, 0.1) is 11.1 Å². The van der Waals surface area contributed by atoms with Crippen LogP contribution in [-0.4, -0.2) is 25.5 Å². The van der Waals surface area contributed by atoms with Gasteiger partial charge in [0.1, 0.15) is 4.90 Å². The number of hydrogen-bond donors (Lipinski definition) is 1. The van der Waals surface area contributed by atoms with E-state index in [9.17, 15) is 23.3 Å². The van der Waals surface area contributed by atoms with E-state index in [-0.39, 0.29) is 16.2 Å². The van der Waals surface area contributed by atoms with Crippen LogP contribution in [0.2, 0.25) is 5.02 Å². The van der Waals surface area contributed by atoms with Gasteiger partial charge >= 0.3 is 10.1 Å². The SMILES string of the molecule is O=C(N/N=C\c1cc(Br)ccc1OS(=O)(=O)c1cccc([N+](=O)[O-])c1)c1ccc(Cl)cc1. The number of rotatable bonds is 7. The van der Waals surface area contributed by atoms with Crippen molar-refractivity contribution in [3.05, 3.63) is 97.5 Å². The van der Waals surface area contributed by atoms with Gasteiger partial charge in [-0.05, 0) is 48.5 Å². The highest BCUT2D eigenvalue weighted by Crippen LogP contribution is 2.26. The Balaban J connectivity index is 1.82. The number of nitro benzene ring substituents is 1. The summed E-state index contributed by atoms with van der Waals surface area (Å²) in [7, 11) is -4.37. The predicted molar refractivity (Wildman–Crippen MR) is 122 cm³/mol. The van der Waals surface area contributed by atoms with Crippen LogP contribution in [0.25, 0.3) is 0 Å². The third-order valence-electron chi connectivity index (χ3n) is 3.96. The molecule has 0 aliphatic heterocycles. The summed E-state index contributed by atoms with van der Waals surface area (Å²) in [6.07, 6.45) is 1.21. The minimum atomic E-state index is -4.37. The second-order valence-corrected chi connectivity index (χ2v) is 9.08. The third kappa shape index (κ3) is 5.90. The highest BCUT2D eigenvalue weighted by atomic mass is 79.9. The molecule has 0 aromatic heterocycles. The van der Waals surface area contributed by atoms with Crippen LogP contribution in [0.3, 0.4) is 0 Å². The number of amides is 1. The number of carbonyl (C=O) groups excluding carboxylic acids is 1. The molecule has 32 heavy (non-hydrogen) atoms. The van der Waals surface area contributed by atoms with Crippen molar-refractivity contribution in [2.45, 2.75) is 4.90 Å². The highest BCUT2D eigenvalue weighted by Gasteiger charge is 2.21. The van der Waals surface area contributed by atoms with Crippen molar-refractivity contribution in [1.82, 2.24) is 5.43 Å². The molecule has 0 fully saturated rings. The monoisotopic (exact) mass is 537 g/mol. The van der Waals surface area contributed by atoms with E-state index in [0.717, 1.165) is 6.07 Å². The smallest absolute Gasteiger partial charge is 0.339 e. The van der Waals surface area contributed by atoms with Crippen LogP contribution in [0, 0.1) is 10.1 Å². The lowest BCUT2D eigenvalue weighted by Crippen LogP contribution is -2.17. The largest absolute Gasteiger partial charge is 0.378 e. The van der Waals surface area contributed by atoms with Crippen molar-refractivity contribution in [3.8, 4) is 5.75 Å². The number of carbonyl (C=O) groups is 1. The first-order valence-corrected chi connectivity index (χ1v) is 11.3. The van der Waals surface area contributed by atoms with E-state index in [1.54, 1.807) is 18.2 Å². The summed E-state index contributed by atoms with van der Waals surface area (Å²) in [4.78, 5) is 22.0. The molecule has 3 aromatic rings. The van der Waals surface area contributed by atoms with Crippen LogP contribution in [-0.2, 0) is 10.1 Å². The zero-order valence-electron chi connectivity index (χ0n) is 15.9. The molecular formula is C20H13BrClN3O6S. The molecule has 1 N–H and O–H groups in total. The fourth-order valence-electron chi connectivity index (χ4n) is 2.44. The molecule has 0 saturated carbocycles. The minimum absolute atomic E-state index is 0.0933. The van der Waals surface area contributed by atoms with Gasteiger partial charge in [0.25, 0.3) is 11.6 Å². The molecular weight excluding hydrogens is 526 g/mol. The van der Waals surface area contributed by atoms with Crippen LogP contribution < -0.4 is 9.61 Å². The van der Waals surface area contributed by atoms with Gasteiger partial charge < -0.3 is 4.18 Å². The standard InChI is InChI=1S/C20H13BrClN3O6S/c21-15-6-9-19(31-32(29,30)18-3-1-2-17(11-18)25(27)28)14(10-15)12-23-24-20(26)13-4-7-16(22)8-5-13/h1-12H,(H,24,26)/b23-12-. The van der Waals surface area contributed by atoms with E-state index in [0.29, 0.717) is 15.1 Å². The Labute approximate surface area is 196 Å². The summed E-state index contributed by atoms with van der Waals surface area (Å²) in [6, 6.07) is 15.1. The number of benzene rings is 3. The second-order valence-electron chi connectivity index (χ2n) is 6.18. The quantitative estimate of drug-likeness (QED) is 0.203. The van der Waals surface area contributed by atoms with E-state index in [4.69, 9.17) is 15.8 Å². The normalized spacial score (nSPS) is 11.3. The Bertz CT molecular complexity index is 1310.